The number of nitrogens with one attached hydrogen (secondary N) is 2. The van der Waals surface area contributed by atoms with E-state index in [1.54, 1.807) is 0 Å². The molecule has 1 rings (SSSR count). The fourth-order valence-corrected chi connectivity index (χ4v) is 1.45. The van der Waals surface area contributed by atoms with Crippen molar-refractivity contribution >= 4 is 0 Å². The van der Waals surface area contributed by atoms with Crippen LogP contribution in [0.5, 0.6) is 0 Å². The molecule has 2 N–H and O–H groups in total. The molecular formula is C11H24N2. The van der Waals surface area contributed by atoms with E-state index in [-0.39, 0.29) is 0 Å². The van der Waals surface area contributed by atoms with Crippen LogP contribution >= 0.6 is 0 Å². The van der Waals surface area contributed by atoms with Crippen molar-refractivity contribution in [2.45, 2.75) is 51.5 Å². The molecule has 0 saturated heterocycles. The van der Waals surface area contributed by atoms with Gasteiger partial charge in [0.2, 0.25) is 0 Å². The van der Waals surface area contributed by atoms with Gasteiger partial charge in [-0.15, -0.1) is 0 Å². The van der Waals surface area contributed by atoms with E-state index in [4.69, 9.17) is 0 Å². The average Bonchev–Trinajstić information content (AvgIpc) is 2.93. The Balaban J connectivity index is 1.63. The zero-order valence-corrected chi connectivity index (χ0v) is 8.94. The fraction of sp³-hybridized carbons (Fsp3) is 1.00. The summed E-state index contributed by atoms with van der Waals surface area (Å²) in [7, 11) is 0. The van der Waals surface area contributed by atoms with Crippen LogP contribution < -0.4 is 10.6 Å². The van der Waals surface area contributed by atoms with Gasteiger partial charge in [0.1, 0.15) is 0 Å². The molecule has 1 saturated carbocycles. The van der Waals surface area contributed by atoms with Gasteiger partial charge in [-0.2, -0.15) is 0 Å². The summed E-state index contributed by atoms with van der Waals surface area (Å²) in [6, 6.07) is 0.887. The van der Waals surface area contributed by atoms with Gasteiger partial charge < -0.3 is 10.6 Å². The van der Waals surface area contributed by atoms with Crippen molar-refractivity contribution < 1.29 is 0 Å². The Morgan fingerprint density at radius 2 is 1.77 bits per heavy atom. The van der Waals surface area contributed by atoms with Crippen molar-refractivity contribution in [1.82, 2.24) is 10.6 Å². The van der Waals surface area contributed by atoms with Gasteiger partial charge in [0.15, 0.2) is 0 Å². The summed E-state index contributed by atoms with van der Waals surface area (Å²) in [6.45, 7) is 5.84. The molecule has 0 aromatic heterocycles. The lowest BCUT2D eigenvalue weighted by Gasteiger charge is -2.03. The lowest BCUT2D eigenvalue weighted by atomic mass is 10.2. The van der Waals surface area contributed by atoms with Gasteiger partial charge in [0, 0.05) is 6.04 Å². The number of hydrogen-bond acceptors (Lipinski definition) is 2. The minimum Gasteiger partial charge on any atom is -0.317 e. The third-order valence-electron chi connectivity index (χ3n) is 2.47. The predicted octanol–water partition coefficient (Wildman–Crippen LogP) is 1.91. The van der Waals surface area contributed by atoms with E-state index in [1.807, 2.05) is 0 Å². The highest BCUT2D eigenvalue weighted by molar-refractivity contribution is 4.80. The molecule has 78 valence electrons. The van der Waals surface area contributed by atoms with Gasteiger partial charge in [-0.05, 0) is 51.7 Å². The van der Waals surface area contributed by atoms with E-state index < -0.39 is 0 Å². The Morgan fingerprint density at radius 3 is 2.46 bits per heavy atom. The normalized spacial score (nSPS) is 16.4. The minimum atomic E-state index is 0.887. The molecule has 2 nitrogen and oxygen atoms in total. The van der Waals surface area contributed by atoms with Gasteiger partial charge in [-0.1, -0.05) is 13.3 Å². The zero-order valence-electron chi connectivity index (χ0n) is 8.94. The molecule has 0 aromatic carbocycles. The van der Waals surface area contributed by atoms with Crippen molar-refractivity contribution in [3.63, 3.8) is 0 Å². The lowest BCUT2D eigenvalue weighted by Crippen LogP contribution is -2.18. The van der Waals surface area contributed by atoms with Crippen molar-refractivity contribution in [2.24, 2.45) is 0 Å². The van der Waals surface area contributed by atoms with Gasteiger partial charge in [-0.25, -0.2) is 0 Å². The molecule has 1 aliphatic carbocycles. The number of rotatable bonds is 9. The van der Waals surface area contributed by atoms with Gasteiger partial charge in [0.05, 0.1) is 0 Å². The summed E-state index contributed by atoms with van der Waals surface area (Å²) >= 11 is 0. The van der Waals surface area contributed by atoms with Gasteiger partial charge in [-0.3, -0.25) is 0 Å². The van der Waals surface area contributed by atoms with E-state index in [0.717, 1.165) is 6.04 Å². The SMILES string of the molecule is CCCNCCCCCNC1CC1. The predicted molar refractivity (Wildman–Crippen MR) is 58.0 cm³/mol. The second-order valence-corrected chi connectivity index (χ2v) is 4.04. The van der Waals surface area contributed by atoms with Crippen LogP contribution in [-0.4, -0.2) is 25.7 Å². The summed E-state index contributed by atoms with van der Waals surface area (Å²) in [4.78, 5) is 0. The summed E-state index contributed by atoms with van der Waals surface area (Å²) < 4.78 is 0. The van der Waals surface area contributed by atoms with E-state index in [0.29, 0.717) is 0 Å². The molecule has 0 bridgehead atoms. The highest BCUT2D eigenvalue weighted by Crippen LogP contribution is 2.18. The van der Waals surface area contributed by atoms with E-state index >= 15 is 0 Å². The third-order valence-corrected chi connectivity index (χ3v) is 2.47. The lowest BCUT2D eigenvalue weighted by molar-refractivity contribution is 0.569. The summed E-state index contributed by atoms with van der Waals surface area (Å²) in [5.74, 6) is 0. The van der Waals surface area contributed by atoms with E-state index in [1.165, 1.54) is 58.2 Å². The van der Waals surface area contributed by atoms with Crippen LogP contribution in [0.1, 0.15) is 45.4 Å². The quantitative estimate of drug-likeness (QED) is 0.535. The summed E-state index contributed by atoms with van der Waals surface area (Å²) in [5, 5.41) is 6.96. The van der Waals surface area contributed by atoms with Crippen molar-refractivity contribution in [3.8, 4) is 0 Å². The molecule has 0 amide bonds. The maximum absolute atomic E-state index is 3.54. The fourth-order valence-electron chi connectivity index (χ4n) is 1.45. The highest BCUT2D eigenvalue weighted by Gasteiger charge is 2.19. The summed E-state index contributed by atoms with van der Waals surface area (Å²) in [5.41, 5.74) is 0. The number of unbranched alkanes of at least 4 members (excludes halogenated alkanes) is 2. The molecule has 0 aromatic rings. The Labute approximate surface area is 82.5 Å². The minimum absolute atomic E-state index is 0.887. The topological polar surface area (TPSA) is 24.1 Å². The van der Waals surface area contributed by atoms with Crippen LogP contribution in [0.4, 0.5) is 0 Å². The van der Waals surface area contributed by atoms with Crippen LogP contribution in [0.2, 0.25) is 0 Å². The first kappa shape index (κ1) is 11.0. The molecule has 0 spiro atoms. The second-order valence-electron chi connectivity index (χ2n) is 4.04. The van der Waals surface area contributed by atoms with E-state index in [9.17, 15) is 0 Å². The Bertz CT molecular complexity index is 111. The largest absolute Gasteiger partial charge is 0.317 e. The Hall–Kier alpha value is -0.0800. The average molecular weight is 184 g/mol. The molecule has 13 heavy (non-hydrogen) atoms. The first-order valence-corrected chi connectivity index (χ1v) is 5.87. The van der Waals surface area contributed by atoms with Crippen molar-refractivity contribution in [1.29, 1.82) is 0 Å². The smallest absolute Gasteiger partial charge is 0.00682 e. The maximum Gasteiger partial charge on any atom is 0.00682 e. The second kappa shape index (κ2) is 7.34. The monoisotopic (exact) mass is 184 g/mol. The molecule has 0 aliphatic heterocycles. The van der Waals surface area contributed by atoms with Crippen LogP contribution in [0.3, 0.4) is 0 Å². The van der Waals surface area contributed by atoms with Gasteiger partial charge in [0.25, 0.3) is 0 Å². The van der Waals surface area contributed by atoms with Crippen molar-refractivity contribution in [3.05, 3.63) is 0 Å². The van der Waals surface area contributed by atoms with Crippen LogP contribution in [0.15, 0.2) is 0 Å². The number of hydrogen-bond donors (Lipinski definition) is 2. The summed E-state index contributed by atoms with van der Waals surface area (Å²) in [6.07, 6.45) is 8.15. The van der Waals surface area contributed by atoms with E-state index in [2.05, 4.69) is 17.6 Å². The van der Waals surface area contributed by atoms with Crippen LogP contribution in [-0.2, 0) is 0 Å². The third kappa shape index (κ3) is 7.03. The molecule has 0 unspecified atom stereocenters. The highest BCUT2D eigenvalue weighted by atomic mass is 14.9. The van der Waals surface area contributed by atoms with Crippen LogP contribution in [0.25, 0.3) is 0 Å². The molecule has 0 heterocycles. The van der Waals surface area contributed by atoms with Crippen LogP contribution in [0, 0.1) is 0 Å². The van der Waals surface area contributed by atoms with Gasteiger partial charge >= 0.3 is 0 Å². The molecule has 0 radical (unpaired) electrons. The van der Waals surface area contributed by atoms with Crippen molar-refractivity contribution in [2.75, 3.05) is 19.6 Å². The molecule has 1 fully saturated rings. The maximum atomic E-state index is 3.54. The Morgan fingerprint density at radius 1 is 1.00 bits per heavy atom. The first-order chi connectivity index (χ1) is 6.43. The zero-order chi connectivity index (χ0) is 9.36. The standard InChI is InChI=1S/C11H24N2/c1-2-8-12-9-4-3-5-10-13-11-6-7-11/h11-13H,2-10H2,1H3. The first-order valence-electron chi connectivity index (χ1n) is 5.87. The molecule has 1 aliphatic rings. The Kier molecular flexibility index (Phi) is 6.21. The molecule has 2 heteroatoms. The molecular weight excluding hydrogens is 160 g/mol. The molecule has 0 atom stereocenters.